The van der Waals surface area contributed by atoms with Gasteiger partial charge in [0.2, 0.25) is 0 Å². The second-order valence-electron chi connectivity index (χ2n) is 4.84. The molecule has 0 spiro atoms. The Morgan fingerprint density at radius 2 is 2.38 bits per heavy atom. The maximum atomic E-state index is 4.43. The predicted octanol–water partition coefficient (Wildman–Crippen LogP) is 3.05. The minimum absolute atomic E-state index is 0. The summed E-state index contributed by atoms with van der Waals surface area (Å²) < 4.78 is 2.15. The van der Waals surface area contributed by atoms with Gasteiger partial charge >= 0.3 is 0 Å². The predicted molar refractivity (Wildman–Crippen MR) is 91.1 cm³/mol. The summed E-state index contributed by atoms with van der Waals surface area (Å²) in [5.41, 5.74) is 4.57. The van der Waals surface area contributed by atoms with Crippen molar-refractivity contribution < 1.29 is 1.43 Å². The molecule has 0 unspecified atom stereocenters. The van der Waals surface area contributed by atoms with Gasteiger partial charge in [-0.1, -0.05) is 31.7 Å². The number of rotatable bonds is 7. The van der Waals surface area contributed by atoms with Crippen molar-refractivity contribution in [2.24, 2.45) is 4.99 Å². The van der Waals surface area contributed by atoms with Crippen LogP contribution >= 0.6 is 0 Å². The highest BCUT2D eigenvalue weighted by Gasteiger charge is 2.03. The zero-order valence-electron chi connectivity index (χ0n) is 12.7. The second-order valence-corrected chi connectivity index (χ2v) is 4.84. The fourth-order valence-corrected chi connectivity index (χ4v) is 2.21. The van der Waals surface area contributed by atoms with Gasteiger partial charge in [-0.05, 0) is 23.6 Å². The molecular formula is C17H24N4. The first-order valence-electron chi connectivity index (χ1n) is 7.17. The molecular weight excluding hydrogens is 260 g/mol. The lowest BCUT2D eigenvalue weighted by molar-refractivity contribution is 0.726. The molecule has 4 heteroatoms. The van der Waals surface area contributed by atoms with E-state index in [4.69, 9.17) is 0 Å². The van der Waals surface area contributed by atoms with E-state index in [1.165, 1.54) is 5.56 Å². The van der Waals surface area contributed by atoms with Gasteiger partial charge in [-0.25, -0.2) is 4.98 Å². The van der Waals surface area contributed by atoms with Gasteiger partial charge in [-0.2, -0.15) is 0 Å². The first-order chi connectivity index (χ1) is 10.3. The first-order valence-corrected chi connectivity index (χ1v) is 7.17. The van der Waals surface area contributed by atoms with Crippen molar-refractivity contribution in [2.75, 3.05) is 13.6 Å². The highest BCUT2D eigenvalue weighted by molar-refractivity contribution is 5.79. The van der Waals surface area contributed by atoms with Crippen LogP contribution in [0, 0.1) is 0 Å². The quantitative estimate of drug-likeness (QED) is 0.627. The molecule has 0 aliphatic rings. The average Bonchev–Trinajstić information content (AvgIpc) is 2.90. The van der Waals surface area contributed by atoms with Crippen molar-refractivity contribution >= 4 is 11.9 Å². The van der Waals surface area contributed by atoms with Crippen LogP contribution in [-0.4, -0.2) is 29.2 Å². The van der Waals surface area contributed by atoms with Crippen LogP contribution in [-0.2, 0) is 13.0 Å². The Morgan fingerprint density at radius 1 is 1.52 bits per heavy atom. The third kappa shape index (κ3) is 3.89. The zero-order chi connectivity index (χ0) is 15.1. The Kier molecular flexibility index (Phi) is 5.46. The standard InChI is InChI=1S/C17H22N4.H2/c1-4-6-15(9-18-3)10-19-11-16-12-20-17-8-7-14(5-2)13-21(16)17;/h4,6-9,12-13,19H,1,5,10-11H2,2-3H3;1H/b15-6+,18-9?;. The van der Waals surface area contributed by atoms with E-state index < -0.39 is 0 Å². The normalized spacial score (nSPS) is 12.4. The van der Waals surface area contributed by atoms with Gasteiger partial charge in [-0.3, -0.25) is 4.99 Å². The summed E-state index contributed by atoms with van der Waals surface area (Å²) in [4.78, 5) is 8.47. The van der Waals surface area contributed by atoms with Gasteiger partial charge in [0, 0.05) is 34.0 Å². The highest BCUT2D eigenvalue weighted by Crippen LogP contribution is 2.09. The van der Waals surface area contributed by atoms with Crippen LogP contribution in [0.4, 0.5) is 0 Å². The lowest BCUT2D eigenvalue weighted by Gasteiger charge is -2.06. The molecule has 0 aliphatic carbocycles. The Labute approximate surface area is 127 Å². The van der Waals surface area contributed by atoms with Crippen LogP contribution in [0.3, 0.4) is 0 Å². The van der Waals surface area contributed by atoms with Crippen molar-refractivity contribution in [3.63, 3.8) is 0 Å². The molecule has 4 nitrogen and oxygen atoms in total. The third-order valence-electron chi connectivity index (χ3n) is 3.31. The number of hydrogen-bond donors (Lipinski definition) is 1. The van der Waals surface area contributed by atoms with E-state index in [1.54, 1.807) is 13.1 Å². The summed E-state index contributed by atoms with van der Waals surface area (Å²) in [6.07, 6.45) is 10.7. The van der Waals surface area contributed by atoms with Gasteiger partial charge in [-0.15, -0.1) is 0 Å². The molecule has 21 heavy (non-hydrogen) atoms. The summed E-state index contributed by atoms with van der Waals surface area (Å²) in [6.45, 7) is 7.40. The van der Waals surface area contributed by atoms with Crippen LogP contribution < -0.4 is 5.32 Å². The monoisotopic (exact) mass is 284 g/mol. The van der Waals surface area contributed by atoms with Gasteiger partial charge in [0.25, 0.3) is 0 Å². The number of aromatic nitrogens is 2. The molecule has 0 saturated carbocycles. The van der Waals surface area contributed by atoms with E-state index in [-0.39, 0.29) is 1.43 Å². The molecule has 0 fully saturated rings. The van der Waals surface area contributed by atoms with E-state index in [2.05, 4.69) is 51.5 Å². The van der Waals surface area contributed by atoms with Crippen LogP contribution in [0.1, 0.15) is 19.6 Å². The molecule has 0 amide bonds. The van der Waals surface area contributed by atoms with E-state index >= 15 is 0 Å². The summed E-state index contributed by atoms with van der Waals surface area (Å²) in [6, 6.07) is 4.19. The summed E-state index contributed by atoms with van der Waals surface area (Å²) in [5.74, 6) is 0. The number of hydrogen-bond acceptors (Lipinski definition) is 3. The number of allylic oxidation sites excluding steroid dienone is 2. The zero-order valence-corrected chi connectivity index (χ0v) is 12.7. The average molecular weight is 284 g/mol. The molecule has 2 aromatic rings. The number of aryl methyl sites for hydroxylation is 1. The van der Waals surface area contributed by atoms with E-state index in [1.807, 2.05) is 18.5 Å². The fourth-order valence-electron chi connectivity index (χ4n) is 2.21. The summed E-state index contributed by atoms with van der Waals surface area (Å²) >= 11 is 0. The molecule has 2 rings (SSSR count). The smallest absolute Gasteiger partial charge is 0.136 e. The lowest BCUT2D eigenvalue weighted by atomic mass is 10.2. The van der Waals surface area contributed by atoms with Crippen LogP contribution in [0.15, 0.2) is 53.8 Å². The fraction of sp³-hybridized carbons (Fsp3) is 0.294. The van der Waals surface area contributed by atoms with E-state index in [0.29, 0.717) is 0 Å². The highest BCUT2D eigenvalue weighted by atomic mass is 15.0. The van der Waals surface area contributed by atoms with Crippen molar-refractivity contribution in [1.82, 2.24) is 14.7 Å². The minimum atomic E-state index is 0. The Morgan fingerprint density at radius 3 is 3.10 bits per heavy atom. The maximum absolute atomic E-state index is 4.43. The van der Waals surface area contributed by atoms with Gasteiger partial charge in [0.15, 0.2) is 0 Å². The third-order valence-corrected chi connectivity index (χ3v) is 3.31. The molecule has 112 valence electrons. The van der Waals surface area contributed by atoms with Crippen LogP contribution in [0.2, 0.25) is 0 Å². The largest absolute Gasteiger partial charge is 0.307 e. The number of pyridine rings is 1. The first kappa shape index (κ1) is 15.2. The Hall–Kier alpha value is -2.20. The molecule has 0 bridgehead atoms. The number of nitrogens with one attached hydrogen (secondary N) is 1. The number of fused-ring (bicyclic) bond motifs is 1. The second kappa shape index (κ2) is 7.55. The molecule has 0 atom stereocenters. The number of aliphatic imine (C=N–C) groups is 1. The molecule has 0 aromatic carbocycles. The topological polar surface area (TPSA) is 41.7 Å². The Bertz CT molecular complexity index is 670. The SMILES string of the molecule is C=C/C=C(\C=NC)CNCc1cnc2ccc(CC)cn12.[HH]. The lowest BCUT2D eigenvalue weighted by Crippen LogP contribution is -2.18. The van der Waals surface area contributed by atoms with Crippen LogP contribution in [0.25, 0.3) is 5.65 Å². The number of nitrogens with zero attached hydrogens (tertiary/aromatic N) is 3. The van der Waals surface area contributed by atoms with Crippen molar-refractivity contribution in [3.8, 4) is 0 Å². The molecule has 1 N–H and O–H groups in total. The van der Waals surface area contributed by atoms with Crippen LogP contribution in [0.5, 0.6) is 0 Å². The molecule has 0 radical (unpaired) electrons. The minimum Gasteiger partial charge on any atom is -0.307 e. The molecule has 0 saturated heterocycles. The van der Waals surface area contributed by atoms with Crippen molar-refractivity contribution in [1.29, 1.82) is 0 Å². The number of imidazole rings is 1. The summed E-state index contributed by atoms with van der Waals surface area (Å²) in [5, 5.41) is 3.42. The summed E-state index contributed by atoms with van der Waals surface area (Å²) in [7, 11) is 1.77. The maximum Gasteiger partial charge on any atom is 0.136 e. The van der Waals surface area contributed by atoms with Gasteiger partial charge < -0.3 is 9.72 Å². The van der Waals surface area contributed by atoms with Crippen molar-refractivity contribution in [2.45, 2.75) is 19.9 Å². The van der Waals surface area contributed by atoms with Crippen molar-refractivity contribution in [3.05, 3.63) is 60.1 Å². The van der Waals surface area contributed by atoms with E-state index in [9.17, 15) is 0 Å². The molecule has 0 aliphatic heterocycles. The molecule has 2 heterocycles. The molecule has 2 aromatic heterocycles. The van der Waals surface area contributed by atoms with E-state index in [0.717, 1.165) is 36.4 Å². The van der Waals surface area contributed by atoms with Gasteiger partial charge in [0.05, 0.1) is 11.9 Å². The Balaban J connectivity index is 0.00000242. The van der Waals surface area contributed by atoms with Gasteiger partial charge in [0.1, 0.15) is 5.65 Å².